The summed E-state index contributed by atoms with van der Waals surface area (Å²) in [5, 5.41) is 0. The van der Waals surface area contributed by atoms with Gasteiger partial charge in [0.25, 0.3) is 0 Å². The second-order valence-electron chi connectivity index (χ2n) is 4.17. The van der Waals surface area contributed by atoms with Gasteiger partial charge in [-0.3, -0.25) is 4.84 Å². The van der Waals surface area contributed by atoms with Crippen LogP contribution in [0.2, 0.25) is 0 Å². The number of nitrogens with one attached hydrogen (secondary N) is 1. The van der Waals surface area contributed by atoms with Gasteiger partial charge in [-0.1, -0.05) is 37.3 Å². The van der Waals surface area contributed by atoms with Crippen LogP contribution in [-0.2, 0) is 11.4 Å². The van der Waals surface area contributed by atoms with E-state index in [0.29, 0.717) is 12.6 Å². The fraction of sp³-hybridized carbons (Fsp3) is 0.500. The summed E-state index contributed by atoms with van der Waals surface area (Å²) in [7, 11) is 0. The molecule has 1 saturated carbocycles. The maximum Gasteiger partial charge on any atom is 0.0933 e. The first-order valence-electron chi connectivity index (χ1n) is 5.26. The molecular formula is C12H17NO. The molecule has 2 rings (SSSR count). The largest absolute Gasteiger partial charge is 0.297 e. The van der Waals surface area contributed by atoms with Crippen LogP contribution in [0.15, 0.2) is 30.3 Å². The first-order valence-corrected chi connectivity index (χ1v) is 5.26. The first-order chi connectivity index (χ1) is 6.84. The molecule has 0 aromatic heterocycles. The molecule has 1 aliphatic carbocycles. The van der Waals surface area contributed by atoms with E-state index in [-0.39, 0.29) is 0 Å². The van der Waals surface area contributed by atoms with Gasteiger partial charge in [-0.15, -0.1) is 0 Å². The highest BCUT2D eigenvalue weighted by Crippen LogP contribution is 2.26. The van der Waals surface area contributed by atoms with Crippen molar-refractivity contribution in [3.8, 4) is 0 Å². The highest BCUT2D eigenvalue weighted by molar-refractivity contribution is 5.13. The molecule has 0 spiro atoms. The third-order valence-corrected chi connectivity index (χ3v) is 2.71. The summed E-state index contributed by atoms with van der Waals surface area (Å²) in [6.45, 7) is 2.93. The maximum absolute atomic E-state index is 5.42. The molecule has 1 aromatic rings. The van der Waals surface area contributed by atoms with Crippen LogP contribution >= 0.6 is 0 Å². The Hall–Kier alpha value is -0.860. The van der Waals surface area contributed by atoms with E-state index >= 15 is 0 Å². The van der Waals surface area contributed by atoms with Gasteiger partial charge in [-0.25, -0.2) is 0 Å². The third kappa shape index (κ3) is 2.56. The van der Waals surface area contributed by atoms with Gasteiger partial charge < -0.3 is 0 Å². The summed E-state index contributed by atoms with van der Waals surface area (Å²) >= 11 is 0. The molecule has 2 nitrogen and oxygen atoms in total. The van der Waals surface area contributed by atoms with Gasteiger partial charge in [0, 0.05) is 6.04 Å². The topological polar surface area (TPSA) is 21.3 Å². The SMILES string of the molecule is CC1CC(NOCc2ccccc2)C1. The van der Waals surface area contributed by atoms with Crippen LogP contribution < -0.4 is 5.48 Å². The Labute approximate surface area is 85.2 Å². The molecule has 0 atom stereocenters. The van der Waals surface area contributed by atoms with E-state index < -0.39 is 0 Å². The molecular weight excluding hydrogens is 174 g/mol. The minimum absolute atomic E-state index is 0.578. The van der Waals surface area contributed by atoms with Gasteiger partial charge in [0.2, 0.25) is 0 Å². The van der Waals surface area contributed by atoms with Crippen molar-refractivity contribution in [1.82, 2.24) is 5.48 Å². The Morgan fingerprint density at radius 1 is 1.29 bits per heavy atom. The minimum atomic E-state index is 0.578. The minimum Gasteiger partial charge on any atom is -0.297 e. The highest BCUT2D eigenvalue weighted by atomic mass is 16.6. The fourth-order valence-corrected chi connectivity index (χ4v) is 1.82. The van der Waals surface area contributed by atoms with E-state index in [9.17, 15) is 0 Å². The molecule has 2 heteroatoms. The molecule has 76 valence electrons. The van der Waals surface area contributed by atoms with Crippen LogP contribution in [0, 0.1) is 5.92 Å². The normalized spacial score (nSPS) is 25.8. The summed E-state index contributed by atoms with van der Waals surface area (Å²) < 4.78 is 0. The van der Waals surface area contributed by atoms with Crippen LogP contribution in [0.5, 0.6) is 0 Å². The Morgan fingerprint density at radius 3 is 2.64 bits per heavy atom. The Morgan fingerprint density at radius 2 is 2.00 bits per heavy atom. The molecule has 1 N–H and O–H groups in total. The van der Waals surface area contributed by atoms with E-state index in [1.807, 2.05) is 18.2 Å². The summed E-state index contributed by atoms with van der Waals surface area (Å²) in [6.07, 6.45) is 2.49. The fourth-order valence-electron chi connectivity index (χ4n) is 1.82. The zero-order valence-corrected chi connectivity index (χ0v) is 8.57. The predicted octanol–water partition coefficient (Wildman–Crippen LogP) is 2.51. The summed E-state index contributed by atoms with van der Waals surface area (Å²) in [5.41, 5.74) is 4.31. The Bertz CT molecular complexity index is 267. The van der Waals surface area contributed by atoms with Gasteiger partial charge in [0.15, 0.2) is 0 Å². The van der Waals surface area contributed by atoms with Crippen LogP contribution in [-0.4, -0.2) is 6.04 Å². The van der Waals surface area contributed by atoms with E-state index in [1.54, 1.807) is 0 Å². The lowest BCUT2D eigenvalue weighted by molar-refractivity contribution is -0.0264. The number of hydroxylamine groups is 1. The van der Waals surface area contributed by atoms with Crippen molar-refractivity contribution in [3.05, 3.63) is 35.9 Å². The maximum atomic E-state index is 5.42. The smallest absolute Gasteiger partial charge is 0.0933 e. The van der Waals surface area contributed by atoms with Crippen molar-refractivity contribution in [2.45, 2.75) is 32.4 Å². The molecule has 1 aliphatic rings. The summed E-state index contributed by atoms with van der Waals surface area (Å²) in [6, 6.07) is 10.8. The summed E-state index contributed by atoms with van der Waals surface area (Å²) in [5.74, 6) is 0.868. The van der Waals surface area contributed by atoms with Gasteiger partial charge in [-0.05, 0) is 24.3 Å². The molecule has 0 aliphatic heterocycles. The van der Waals surface area contributed by atoms with Crippen LogP contribution in [0.4, 0.5) is 0 Å². The number of benzene rings is 1. The van der Waals surface area contributed by atoms with Gasteiger partial charge in [0.05, 0.1) is 6.61 Å². The van der Waals surface area contributed by atoms with Crippen molar-refractivity contribution >= 4 is 0 Å². The van der Waals surface area contributed by atoms with E-state index in [2.05, 4.69) is 24.5 Å². The van der Waals surface area contributed by atoms with Crippen LogP contribution in [0.3, 0.4) is 0 Å². The number of hydrogen-bond acceptors (Lipinski definition) is 2. The van der Waals surface area contributed by atoms with Gasteiger partial charge in [-0.2, -0.15) is 5.48 Å². The lowest BCUT2D eigenvalue weighted by atomic mass is 9.82. The van der Waals surface area contributed by atoms with Crippen molar-refractivity contribution in [2.24, 2.45) is 5.92 Å². The van der Waals surface area contributed by atoms with Crippen LogP contribution in [0.1, 0.15) is 25.3 Å². The monoisotopic (exact) mass is 191 g/mol. The molecule has 14 heavy (non-hydrogen) atoms. The number of rotatable bonds is 4. The molecule has 0 radical (unpaired) electrons. The molecule has 0 bridgehead atoms. The molecule has 0 amide bonds. The second-order valence-corrected chi connectivity index (χ2v) is 4.17. The zero-order chi connectivity index (χ0) is 9.80. The Kier molecular flexibility index (Phi) is 3.17. The quantitative estimate of drug-likeness (QED) is 0.738. The lowest BCUT2D eigenvalue weighted by Crippen LogP contribution is -2.39. The molecule has 1 fully saturated rings. The molecule has 1 aromatic carbocycles. The van der Waals surface area contributed by atoms with Gasteiger partial charge >= 0.3 is 0 Å². The average molecular weight is 191 g/mol. The second kappa shape index (κ2) is 4.58. The zero-order valence-electron chi connectivity index (χ0n) is 8.57. The van der Waals surface area contributed by atoms with Gasteiger partial charge in [0.1, 0.15) is 0 Å². The summed E-state index contributed by atoms with van der Waals surface area (Å²) in [4.78, 5) is 5.42. The van der Waals surface area contributed by atoms with E-state index in [0.717, 1.165) is 5.92 Å². The number of hydrogen-bond donors (Lipinski definition) is 1. The average Bonchev–Trinajstić information content (AvgIpc) is 2.17. The van der Waals surface area contributed by atoms with Crippen LogP contribution in [0.25, 0.3) is 0 Å². The van der Waals surface area contributed by atoms with Crippen molar-refractivity contribution < 1.29 is 4.84 Å². The molecule has 0 saturated heterocycles. The highest BCUT2D eigenvalue weighted by Gasteiger charge is 2.24. The first kappa shape index (κ1) is 9.69. The molecule has 0 unspecified atom stereocenters. The standard InChI is InChI=1S/C12H17NO/c1-10-7-12(8-10)13-14-9-11-5-3-2-4-6-11/h2-6,10,12-13H,7-9H2,1H3. The lowest BCUT2D eigenvalue weighted by Gasteiger charge is -2.32. The van der Waals surface area contributed by atoms with Crippen molar-refractivity contribution in [1.29, 1.82) is 0 Å². The predicted molar refractivity (Wildman–Crippen MR) is 56.6 cm³/mol. The Balaban J connectivity index is 1.64. The van der Waals surface area contributed by atoms with Crippen molar-refractivity contribution in [2.75, 3.05) is 0 Å². The van der Waals surface area contributed by atoms with E-state index in [1.165, 1.54) is 18.4 Å². The van der Waals surface area contributed by atoms with E-state index in [4.69, 9.17) is 4.84 Å². The third-order valence-electron chi connectivity index (χ3n) is 2.71. The van der Waals surface area contributed by atoms with Crippen molar-refractivity contribution in [3.63, 3.8) is 0 Å². The molecule has 0 heterocycles.